The molecule has 0 aliphatic rings. The minimum absolute atomic E-state index is 0.0530. The van der Waals surface area contributed by atoms with Gasteiger partial charge < -0.3 is 5.32 Å². The van der Waals surface area contributed by atoms with Gasteiger partial charge in [-0.2, -0.15) is 0 Å². The van der Waals surface area contributed by atoms with Crippen LogP contribution in [0.4, 0.5) is 0 Å². The third-order valence-electron chi connectivity index (χ3n) is 2.59. The highest BCUT2D eigenvalue weighted by atomic mass is 35.5. The Morgan fingerprint density at radius 3 is 2.44 bits per heavy atom. The molecular formula is C13H12Cl3NS. The summed E-state index contributed by atoms with van der Waals surface area (Å²) in [7, 11) is 0. The smallest absolute Gasteiger partial charge is 0.0686 e. The van der Waals surface area contributed by atoms with Crippen molar-refractivity contribution in [1.82, 2.24) is 5.32 Å². The van der Waals surface area contributed by atoms with Crippen LogP contribution in [-0.2, 0) is 0 Å². The van der Waals surface area contributed by atoms with E-state index in [1.54, 1.807) is 11.3 Å². The van der Waals surface area contributed by atoms with Crippen LogP contribution in [0.5, 0.6) is 0 Å². The molecule has 0 radical (unpaired) electrons. The number of thiophene rings is 1. The lowest BCUT2D eigenvalue weighted by Crippen LogP contribution is -2.21. The molecule has 0 saturated heterocycles. The van der Waals surface area contributed by atoms with Gasteiger partial charge in [0.15, 0.2) is 0 Å². The van der Waals surface area contributed by atoms with E-state index < -0.39 is 0 Å². The maximum Gasteiger partial charge on any atom is 0.0686 e. The summed E-state index contributed by atoms with van der Waals surface area (Å²) in [6.07, 6.45) is 0. The van der Waals surface area contributed by atoms with E-state index in [-0.39, 0.29) is 6.04 Å². The molecule has 1 aromatic carbocycles. The van der Waals surface area contributed by atoms with Gasteiger partial charge >= 0.3 is 0 Å². The number of hydrogen-bond donors (Lipinski definition) is 1. The zero-order valence-electron chi connectivity index (χ0n) is 9.71. The fourth-order valence-corrected chi connectivity index (χ4v) is 3.34. The SMILES string of the molecule is CCNC(c1ccc(Cl)c(Cl)c1)c1sccc1Cl. The van der Waals surface area contributed by atoms with E-state index in [0.29, 0.717) is 10.0 Å². The quantitative estimate of drug-likeness (QED) is 0.794. The summed E-state index contributed by atoms with van der Waals surface area (Å²) in [6.45, 7) is 2.91. The molecule has 1 unspecified atom stereocenters. The van der Waals surface area contributed by atoms with Crippen LogP contribution in [0.15, 0.2) is 29.6 Å². The van der Waals surface area contributed by atoms with Crippen LogP contribution in [0, 0.1) is 0 Å². The summed E-state index contributed by atoms with van der Waals surface area (Å²) < 4.78 is 0. The van der Waals surface area contributed by atoms with Crippen molar-refractivity contribution in [2.24, 2.45) is 0 Å². The summed E-state index contributed by atoms with van der Waals surface area (Å²) in [5, 5.41) is 7.30. The first kappa shape index (κ1) is 14.2. The Kier molecular flexibility index (Phi) is 4.93. The van der Waals surface area contributed by atoms with Crippen LogP contribution in [0.3, 0.4) is 0 Å². The first-order valence-corrected chi connectivity index (χ1v) is 7.56. The fraction of sp³-hybridized carbons (Fsp3) is 0.231. The molecule has 0 fully saturated rings. The maximum absolute atomic E-state index is 6.20. The number of benzene rings is 1. The minimum Gasteiger partial charge on any atom is -0.306 e. The van der Waals surface area contributed by atoms with E-state index in [9.17, 15) is 0 Å². The number of nitrogens with one attached hydrogen (secondary N) is 1. The molecule has 1 nitrogen and oxygen atoms in total. The van der Waals surface area contributed by atoms with Crippen molar-refractivity contribution >= 4 is 46.1 Å². The van der Waals surface area contributed by atoms with Gasteiger partial charge in [-0.25, -0.2) is 0 Å². The first-order chi connectivity index (χ1) is 8.63. The minimum atomic E-state index is 0.0530. The largest absolute Gasteiger partial charge is 0.306 e. The molecule has 1 heterocycles. The van der Waals surface area contributed by atoms with E-state index >= 15 is 0 Å². The lowest BCUT2D eigenvalue weighted by atomic mass is 10.1. The standard InChI is InChI=1S/C13H12Cl3NS/c1-2-17-12(13-10(15)5-6-18-13)8-3-4-9(14)11(16)7-8/h3-7,12,17H,2H2,1H3. The molecule has 0 saturated carbocycles. The molecule has 0 spiro atoms. The molecule has 96 valence electrons. The molecule has 2 aromatic rings. The van der Waals surface area contributed by atoms with Gasteiger partial charge in [-0.05, 0) is 35.7 Å². The summed E-state index contributed by atoms with van der Waals surface area (Å²) >= 11 is 19.8. The van der Waals surface area contributed by atoms with Crippen molar-refractivity contribution in [2.75, 3.05) is 6.54 Å². The van der Waals surface area contributed by atoms with Gasteiger partial charge in [0.2, 0.25) is 0 Å². The fourth-order valence-electron chi connectivity index (χ4n) is 1.77. The van der Waals surface area contributed by atoms with Crippen molar-refractivity contribution in [2.45, 2.75) is 13.0 Å². The molecule has 18 heavy (non-hydrogen) atoms. The third-order valence-corrected chi connectivity index (χ3v) is 4.75. The van der Waals surface area contributed by atoms with Crippen LogP contribution >= 0.6 is 46.1 Å². The van der Waals surface area contributed by atoms with E-state index in [2.05, 4.69) is 12.2 Å². The van der Waals surface area contributed by atoms with Gasteiger partial charge in [-0.1, -0.05) is 47.8 Å². The highest BCUT2D eigenvalue weighted by molar-refractivity contribution is 7.10. The molecule has 2 rings (SSSR count). The van der Waals surface area contributed by atoms with Crippen LogP contribution < -0.4 is 5.32 Å². The molecule has 0 bridgehead atoms. The highest BCUT2D eigenvalue weighted by Crippen LogP contribution is 2.35. The first-order valence-electron chi connectivity index (χ1n) is 5.54. The topological polar surface area (TPSA) is 12.0 Å². The van der Waals surface area contributed by atoms with Gasteiger partial charge in [0.25, 0.3) is 0 Å². The van der Waals surface area contributed by atoms with Crippen molar-refractivity contribution in [3.63, 3.8) is 0 Å². The Balaban J connectivity index is 2.41. The Morgan fingerprint density at radius 1 is 1.11 bits per heavy atom. The molecular weight excluding hydrogens is 309 g/mol. The number of hydrogen-bond acceptors (Lipinski definition) is 2. The molecule has 5 heteroatoms. The van der Waals surface area contributed by atoms with Crippen molar-refractivity contribution < 1.29 is 0 Å². The van der Waals surface area contributed by atoms with Gasteiger partial charge in [0.05, 0.1) is 21.1 Å². The third kappa shape index (κ3) is 3.01. The summed E-state index contributed by atoms with van der Waals surface area (Å²) in [6, 6.07) is 7.62. The average molecular weight is 321 g/mol. The Morgan fingerprint density at radius 2 is 1.89 bits per heavy atom. The van der Waals surface area contributed by atoms with Crippen molar-refractivity contribution in [3.05, 3.63) is 55.2 Å². The van der Waals surface area contributed by atoms with Crippen LogP contribution in [0.1, 0.15) is 23.4 Å². The van der Waals surface area contributed by atoms with Crippen molar-refractivity contribution in [1.29, 1.82) is 0 Å². The van der Waals surface area contributed by atoms with E-state index in [4.69, 9.17) is 34.8 Å². The van der Waals surface area contributed by atoms with Crippen molar-refractivity contribution in [3.8, 4) is 0 Å². The summed E-state index contributed by atoms with van der Waals surface area (Å²) in [5.41, 5.74) is 1.07. The molecule has 0 aliphatic carbocycles. The van der Waals surface area contributed by atoms with E-state index in [1.807, 2.05) is 29.6 Å². The van der Waals surface area contributed by atoms with Crippen LogP contribution in [0.2, 0.25) is 15.1 Å². The van der Waals surface area contributed by atoms with Gasteiger partial charge in [-0.3, -0.25) is 0 Å². The normalized spacial score (nSPS) is 12.7. The van der Waals surface area contributed by atoms with Gasteiger partial charge in [0.1, 0.15) is 0 Å². The second-order valence-corrected chi connectivity index (χ2v) is 5.97. The predicted octanol–water partition coefficient (Wildman–Crippen LogP) is 5.41. The summed E-state index contributed by atoms with van der Waals surface area (Å²) in [4.78, 5) is 1.09. The molecule has 1 aromatic heterocycles. The predicted molar refractivity (Wildman–Crippen MR) is 81.3 cm³/mol. The number of halogens is 3. The van der Waals surface area contributed by atoms with Crippen LogP contribution in [0.25, 0.3) is 0 Å². The number of rotatable bonds is 4. The Bertz CT molecular complexity index is 539. The van der Waals surface area contributed by atoms with Gasteiger partial charge in [-0.15, -0.1) is 11.3 Å². The average Bonchev–Trinajstić information content (AvgIpc) is 2.76. The lowest BCUT2D eigenvalue weighted by molar-refractivity contribution is 0.640. The Labute approximate surface area is 126 Å². The van der Waals surface area contributed by atoms with Gasteiger partial charge in [0, 0.05) is 4.88 Å². The molecule has 1 atom stereocenters. The van der Waals surface area contributed by atoms with E-state index in [1.165, 1.54) is 0 Å². The molecule has 0 aliphatic heterocycles. The maximum atomic E-state index is 6.20. The monoisotopic (exact) mass is 319 g/mol. The Hall–Kier alpha value is -0.250. The highest BCUT2D eigenvalue weighted by Gasteiger charge is 2.18. The van der Waals surface area contributed by atoms with Crippen LogP contribution in [-0.4, -0.2) is 6.54 Å². The van der Waals surface area contributed by atoms with E-state index in [0.717, 1.165) is 22.0 Å². The second kappa shape index (κ2) is 6.27. The zero-order valence-corrected chi connectivity index (χ0v) is 12.8. The molecule has 1 N–H and O–H groups in total. The summed E-state index contributed by atoms with van der Waals surface area (Å²) in [5.74, 6) is 0. The lowest BCUT2D eigenvalue weighted by Gasteiger charge is -2.18. The zero-order chi connectivity index (χ0) is 13.1. The second-order valence-electron chi connectivity index (χ2n) is 3.80. The molecule has 0 amide bonds.